The van der Waals surface area contributed by atoms with Crippen LogP contribution in [0.5, 0.6) is 23.2 Å². The van der Waals surface area contributed by atoms with Crippen LogP contribution in [0.3, 0.4) is 0 Å². The summed E-state index contributed by atoms with van der Waals surface area (Å²) >= 11 is 0. The molecule has 0 aliphatic heterocycles. The van der Waals surface area contributed by atoms with Gasteiger partial charge in [-0.25, -0.2) is 14.8 Å². The Kier molecular flexibility index (Phi) is 7.43. The fourth-order valence-electron chi connectivity index (χ4n) is 3.03. The molecule has 186 valence electrons. The topological polar surface area (TPSA) is 105 Å². The largest absolute Gasteiger partial charge is 0.493 e. The predicted octanol–water partition coefficient (Wildman–Crippen LogP) is 5.61. The Bertz CT molecular complexity index is 1120. The average Bonchev–Trinajstić information content (AvgIpc) is 3.51. The van der Waals surface area contributed by atoms with E-state index in [1.807, 2.05) is 24.3 Å². The number of carbonyl (C=O) groups excluding carboxylic acids is 1. The molecule has 0 saturated heterocycles. The van der Waals surface area contributed by atoms with E-state index >= 15 is 0 Å². The first-order valence-electron chi connectivity index (χ1n) is 11.7. The second kappa shape index (κ2) is 10.7. The molecular weight excluding hydrogens is 450 g/mol. The van der Waals surface area contributed by atoms with Gasteiger partial charge in [0.2, 0.25) is 5.89 Å². The van der Waals surface area contributed by atoms with E-state index in [0.717, 1.165) is 12.4 Å². The molecule has 1 amide bonds. The molecule has 1 saturated carbocycles. The molecule has 35 heavy (non-hydrogen) atoms. The van der Waals surface area contributed by atoms with Crippen LogP contribution in [-0.2, 0) is 4.74 Å². The van der Waals surface area contributed by atoms with Crippen LogP contribution in [0, 0.1) is 5.92 Å². The van der Waals surface area contributed by atoms with Gasteiger partial charge in [-0.1, -0.05) is 6.07 Å². The normalized spacial score (nSPS) is 14.2. The molecule has 1 aliphatic rings. The lowest BCUT2D eigenvalue weighted by molar-refractivity contribution is 0.0489. The predicted molar refractivity (Wildman–Crippen MR) is 129 cm³/mol. The number of oxazole rings is 1. The van der Waals surface area contributed by atoms with E-state index in [1.54, 1.807) is 46.0 Å². The summed E-state index contributed by atoms with van der Waals surface area (Å²) in [6.07, 6.45) is 5.06. The van der Waals surface area contributed by atoms with Gasteiger partial charge >= 0.3 is 12.0 Å². The van der Waals surface area contributed by atoms with Gasteiger partial charge in [-0.15, -0.1) is 0 Å². The number of nitrogens with one attached hydrogen (secondary N) is 1. The first-order valence-corrected chi connectivity index (χ1v) is 11.7. The van der Waals surface area contributed by atoms with Gasteiger partial charge in [0.15, 0.2) is 0 Å². The van der Waals surface area contributed by atoms with Gasteiger partial charge in [0.25, 0.3) is 0 Å². The van der Waals surface area contributed by atoms with Gasteiger partial charge in [-0.05, 0) is 70.7 Å². The highest BCUT2D eigenvalue weighted by atomic mass is 16.6. The number of hydrogen-bond acceptors (Lipinski definition) is 8. The van der Waals surface area contributed by atoms with Crippen molar-refractivity contribution in [1.29, 1.82) is 0 Å². The number of rotatable bonds is 10. The zero-order valence-corrected chi connectivity index (χ0v) is 20.4. The first kappa shape index (κ1) is 24.4. The fourth-order valence-corrected chi connectivity index (χ4v) is 3.03. The molecule has 1 atom stereocenters. The van der Waals surface area contributed by atoms with E-state index in [-0.39, 0.29) is 18.6 Å². The summed E-state index contributed by atoms with van der Waals surface area (Å²) in [5.74, 6) is 3.28. The summed E-state index contributed by atoms with van der Waals surface area (Å²) in [6, 6.07) is 10.8. The van der Waals surface area contributed by atoms with Crippen molar-refractivity contribution >= 4 is 6.09 Å². The third-order valence-electron chi connectivity index (χ3n) is 4.90. The molecule has 2 heterocycles. The number of amides is 1. The van der Waals surface area contributed by atoms with Gasteiger partial charge in [0.1, 0.15) is 41.3 Å². The fraction of sp³-hybridized carbons (Fsp3) is 0.423. The van der Waals surface area contributed by atoms with Crippen LogP contribution < -0.4 is 19.5 Å². The highest BCUT2D eigenvalue weighted by molar-refractivity contribution is 5.68. The standard InChI is InChI=1S/C26H31N3O6/c1-17(29-25(30)35-26(2,3)4)15-32-23-14-28-24(34-23)22-11-10-21(13-27-22)33-20-7-5-6-19(12-20)31-16-18-8-9-18/h5-7,10-14,17-18H,8-9,15-16H2,1-4H3,(H,29,30)/t17-/m0/s1. The maximum Gasteiger partial charge on any atom is 0.407 e. The first-order chi connectivity index (χ1) is 16.7. The van der Waals surface area contributed by atoms with Crippen molar-refractivity contribution in [3.8, 4) is 34.8 Å². The van der Waals surface area contributed by atoms with Crippen molar-refractivity contribution in [1.82, 2.24) is 15.3 Å². The lowest BCUT2D eigenvalue weighted by atomic mass is 10.2. The number of nitrogens with zero attached hydrogens (tertiary/aromatic N) is 2. The van der Waals surface area contributed by atoms with Crippen LogP contribution in [0.15, 0.2) is 53.2 Å². The minimum absolute atomic E-state index is 0.192. The van der Waals surface area contributed by atoms with Crippen molar-refractivity contribution in [2.75, 3.05) is 13.2 Å². The van der Waals surface area contributed by atoms with E-state index in [2.05, 4.69) is 15.3 Å². The Hall–Kier alpha value is -3.75. The van der Waals surface area contributed by atoms with Crippen molar-refractivity contribution in [3.05, 3.63) is 48.8 Å². The number of alkyl carbamates (subject to hydrolysis) is 1. The molecule has 1 N–H and O–H groups in total. The SMILES string of the molecule is C[C@@H](COc1cnc(-c2ccc(Oc3cccc(OCC4CC4)c3)cn2)o1)NC(=O)OC(C)(C)C. The molecule has 9 heteroatoms. The summed E-state index contributed by atoms with van der Waals surface area (Å²) in [6.45, 7) is 8.16. The Morgan fingerprint density at radius 2 is 1.89 bits per heavy atom. The van der Waals surface area contributed by atoms with Crippen LogP contribution in [0.1, 0.15) is 40.5 Å². The van der Waals surface area contributed by atoms with Gasteiger partial charge in [-0.3, -0.25) is 0 Å². The smallest absolute Gasteiger partial charge is 0.407 e. The monoisotopic (exact) mass is 481 g/mol. The van der Waals surface area contributed by atoms with E-state index in [1.165, 1.54) is 19.0 Å². The van der Waals surface area contributed by atoms with Crippen LogP contribution in [0.4, 0.5) is 4.79 Å². The molecule has 3 aromatic rings. The summed E-state index contributed by atoms with van der Waals surface area (Å²) in [5.41, 5.74) is -0.0276. The van der Waals surface area contributed by atoms with E-state index in [4.69, 9.17) is 23.4 Å². The number of pyridine rings is 1. The lowest BCUT2D eigenvalue weighted by Crippen LogP contribution is -2.40. The van der Waals surface area contributed by atoms with Crippen LogP contribution in [0.25, 0.3) is 11.6 Å². The minimum Gasteiger partial charge on any atom is -0.493 e. The zero-order chi connectivity index (χ0) is 24.8. The van der Waals surface area contributed by atoms with Crippen LogP contribution in [-0.4, -0.2) is 40.9 Å². The lowest BCUT2D eigenvalue weighted by Gasteiger charge is -2.21. The van der Waals surface area contributed by atoms with Crippen molar-refractivity contribution in [3.63, 3.8) is 0 Å². The quantitative estimate of drug-likeness (QED) is 0.398. The molecule has 0 bridgehead atoms. The van der Waals surface area contributed by atoms with Gasteiger partial charge in [-0.2, -0.15) is 0 Å². The van der Waals surface area contributed by atoms with Gasteiger partial charge in [0, 0.05) is 6.07 Å². The van der Waals surface area contributed by atoms with E-state index in [9.17, 15) is 4.79 Å². The Labute approximate surface area is 204 Å². The number of hydrogen-bond donors (Lipinski definition) is 1. The van der Waals surface area contributed by atoms with Gasteiger partial charge in [0.05, 0.1) is 18.8 Å². The van der Waals surface area contributed by atoms with Crippen LogP contribution in [0.2, 0.25) is 0 Å². The van der Waals surface area contributed by atoms with Crippen molar-refractivity contribution in [2.24, 2.45) is 5.92 Å². The molecular formula is C26H31N3O6. The van der Waals surface area contributed by atoms with Gasteiger partial charge < -0.3 is 28.7 Å². The highest BCUT2D eigenvalue weighted by Crippen LogP contribution is 2.31. The van der Waals surface area contributed by atoms with E-state index < -0.39 is 11.7 Å². The molecule has 0 unspecified atom stereocenters. The summed E-state index contributed by atoms with van der Waals surface area (Å²) in [7, 11) is 0. The zero-order valence-electron chi connectivity index (χ0n) is 20.4. The van der Waals surface area contributed by atoms with Crippen molar-refractivity contribution < 1.29 is 28.2 Å². The Balaban J connectivity index is 1.27. The van der Waals surface area contributed by atoms with Crippen molar-refractivity contribution in [2.45, 2.75) is 52.2 Å². The highest BCUT2D eigenvalue weighted by Gasteiger charge is 2.22. The van der Waals surface area contributed by atoms with Crippen LogP contribution >= 0.6 is 0 Å². The number of benzene rings is 1. The molecule has 1 aliphatic carbocycles. The number of ether oxygens (including phenoxy) is 4. The minimum atomic E-state index is -0.563. The molecule has 0 radical (unpaired) electrons. The second-order valence-corrected chi connectivity index (χ2v) is 9.55. The molecule has 4 rings (SSSR count). The number of carbonyl (C=O) groups is 1. The molecule has 9 nitrogen and oxygen atoms in total. The second-order valence-electron chi connectivity index (χ2n) is 9.55. The molecule has 2 aromatic heterocycles. The molecule has 1 aromatic carbocycles. The van der Waals surface area contributed by atoms with E-state index in [0.29, 0.717) is 29.0 Å². The number of aromatic nitrogens is 2. The summed E-state index contributed by atoms with van der Waals surface area (Å²) < 4.78 is 28.2. The third kappa shape index (κ3) is 7.91. The Morgan fingerprint density at radius 3 is 2.60 bits per heavy atom. The maximum absolute atomic E-state index is 11.8. The summed E-state index contributed by atoms with van der Waals surface area (Å²) in [5, 5.41) is 2.71. The average molecular weight is 482 g/mol. The maximum atomic E-state index is 11.8. The molecule has 0 spiro atoms. The molecule has 1 fully saturated rings. The summed E-state index contributed by atoms with van der Waals surface area (Å²) in [4.78, 5) is 20.4. The third-order valence-corrected chi connectivity index (χ3v) is 4.90. The Morgan fingerprint density at radius 1 is 1.09 bits per heavy atom.